The third kappa shape index (κ3) is 4.96. The second-order valence-corrected chi connectivity index (χ2v) is 5.81. The summed E-state index contributed by atoms with van der Waals surface area (Å²) in [5, 5.41) is 13.3. The Hall–Kier alpha value is -2.08. The van der Waals surface area contributed by atoms with Gasteiger partial charge in [0.2, 0.25) is 0 Å². The number of anilines is 1. The molecule has 24 heavy (non-hydrogen) atoms. The molecule has 0 aliphatic carbocycles. The Morgan fingerprint density at radius 1 is 1.08 bits per heavy atom. The fraction of sp³-hybridized carbons (Fsp3) is 0.368. The number of benzene rings is 2. The largest absolute Gasteiger partial charge is 0.483 e. The summed E-state index contributed by atoms with van der Waals surface area (Å²) in [5.74, 6) is 0.781. The van der Waals surface area contributed by atoms with Crippen molar-refractivity contribution in [3.05, 3.63) is 60.2 Å². The maximum absolute atomic E-state index is 10.1. The van der Waals surface area contributed by atoms with Crippen LogP contribution in [0.2, 0.25) is 0 Å². The van der Waals surface area contributed by atoms with Crippen molar-refractivity contribution in [1.29, 1.82) is 0 Å². The molecule has 0 spiro atoms. The van der Waals surface area contributed by atoms with Crippen molar-refractivity contribution in [2.75, 3.05) is 31.7 Å². The van der Waals surface area contributed by atoms with Crippen LogP contribution < -0.4 is 10.1 Å². The lowest BCUT2D eigenvalue weighted by molar-refractivity contribution is -0.0794. The predicted octanol–water partition coefficient (Wildman–Crippen LogP) is 2.45. The molecule has 5 heteroatoms. The monoisotopic (exact) mass is 329 g/mol. The lowest BCUT2D eigenvalue weighted by Crippen LogP contribution is -2.38. The molecule has 1 aliphatic heterocycles. The van der Waals surface area contributed by atoms with Crippen LogP contribution in [0.4, 0.5) is 5.69 Å². The van der Waals surface area contributed by atoms with E-state index < -0.39 is 6.10 Å². The molecule has 1 fully saturated rings. The van der Waals surface area contributed by atoms with Crippen molar-refractivity contribution in [2.24, 2.45) is 0 Å². The Morgan fingerprint density at radius 3 is 2.58 bits per heavy atom. The van der Waals surface area contributed by atoms with Crippen molar-refractivity contribution in [3.63, 3.8) is 0 Å². The van der Waals surface area contributed by atoms with E-state index in [4.69, 9.17) is 14.2 Å². The summed E-state index contributed by atoms with van der Waals surface area (Å²) in [6.07, 6.45) is -0.471. The van der Waals surface area contributed by atoms with Gasteiger partial charge in [-0.25, -0.2) is 0 Å². The molecule has 2 N–H and O–H groups in total. The van der Waals surface area contributed by atoms with E-state index in [1.807, 2.05) is 54.6 Å². The minimum Gasteiger partial charge on any atom is -0.483 e. The van der Waals surface area contributed by atoms with Gasteiger partial charge in [-0.15, -0.1) is 0 Å². The maximum Gasteiger partial charge on any atom is 0.145 e. The van der Waals surface area contributed by atoms with Crippen LogP contribution in [0.1, 0.15) is 5.56 Å². The average molecular weight is 329 g/mol. The van der Waals surface area contributed by atoms with Crippen LogP contribution in [0.5, 0.6) is 5.75 Å². The molecule has 0 radical (unpaired) electrons. The minimum atomic E-state index is -0.589. The lowest BCUT2D eigenvalue weighted by atomic mass is 10.2. The van der Waals surface area contributed by atoms with E-state index in [-0.39, 0.29) is 12.7 Å². The summed E-state index contributed by atoms with van der Waals surface area (Å²) in [4.78, 5) is 0. The molecule has 1 heterocycles. The number of ether oxygens (including phenoxy) is 3. The second kappa shape index (κ2) is 8.68. The molecule has 0 aromatic heterocycles. The highest BCUT2D eigenvalue weighted by Gasteiger charge is 2.21. The fourth-order valence-electron chi connectivity index (χ4n) is 2.35. The first kappa shape index (κ1) is 16.8. The van der Waals surface area contributed by atoms with Gasteiger partial charge in [-0.3, -0.25) is 0 Å². The Kier molecular flexibility index (Phi) is 6.07. The van der Waals surface area contributed by atoms with E-state index in [0.29, 0.717) is 26.4 Å². The zero-order valence-electron chi connectivity index (χ0n) is 13.6. The van der Waals surface area contributed by atoms with Crippen LogP contribution in [0, 0.1) is 0 Å². The molecule has 0 amide bonds. The molecule has 5 nitrogen and oxygen atoms in total. The van der Waals surface area contributed by atoms with Gasteiger partial charge in [0.1, 0.15) is 11.9 Å². The van der Waals surface area contributed by atoms with Crippen LogP contribution in [0.3, 0.4) is 0 Å². The van der Waals surface area contributed by atoms with Gasteiger partial charge in [0.25, 0.3) is 0 Å². The quantitative estimate of drug-likeness (QED) is 0.740. The topological polar surface area (TPSA) is 60.0 Å². The summed E-state index contributed by atoms with van der Waals surface area (Å²) < 4.78 is 16.5. The van der Waals surface area contributed by atoms with E-state index >= 15 is 0 Å². The first-order valence-corrected chi connectivity index (χ1v) is 8.18. The number of nitrogens with one attached hydrogen (secondary N) is 1. The molecule has 1 saturated heterocycles. The van der Waals surface area contributed by atoms with Crippen molar-refractivity contribution in [2.45, 2.75) is 18.8 Å². The van der Waals surface area contributed by atoms with Crippen molar-refractivity contribution < 1.29 is 19.3 Å². The molecule has 3 rings (SSSR count). The van der Waals surface area contributed by atoms with Crippen LogP contribution in [-0.2, 0) is 16.1 Å². The Bertz CT molecular complexity index is 616. The van der Waals surface area contributed by atoms with Gasteiger partial charge in [0, 0.05) is 6.54 Å². The van der Waals surface area contributed by atoms with Crippen LogP contribution in [-0.4, -0.2) is 43.7 Å². The normalized spacial score (nSPS) is 15.5. The van der Waals surface area contributed by atoms with Gasteiger partial charge in [-0.2, -0.15) is 0 Å². The Balaban J connectivity index is 1.41. The molecule has 0 saturated carbocycles. The molecule has 0 bridgehead atoms. The van der Waals surface area contributed by atoms with E-state index in [1.54, 1.807) is 0 Å². The highest BCUT2D eigenvalue weighted by molar-refractivity contribution is 5.56. The number of hydrogen-bond acceptors (Lipinski definition) is 5. The zero-order valence-corrected chi connectivity index (χ0v) is 13.6. The maximum atomic E-state index is 10.1. The molecule has 1 unspecified atom stereocenters. The van der Waals surface area contributed by atoms with E-state index in [1.165, 1.54) is 0 Å². The second-order valence-electron chi connectivity index (χ2n) is 5.81. The summed E-state index contributed by atoms with van der Waals surface area (Å²) in [5.41, 5.74) is 1.96. The number of rotatable bonds is 9. The number of aliphatic hydroxyl groups is 1. The van der Waals surface area contributed by atoms with Gasteiger partial charge < -0.3 is 24.6 Å². The molecule has 128 valence electrons. The van der Waals surface area contributed by atoms with E-state index in [9.17, 15) is 5.11 Å². The lowest BCUT2D eigenvalue weighted by Gasteiger charge is -2.28. The number of para-hydroxylation sites is 2. The molecular formula is C19H23NO4. The van der Waals surface area contributed by atoms with E-state index in [0.717, 1.165) is 17.0 Å². The SMILES string of the molecule is OC(CNc1ccccc1OC1COC1)COCc1ccccc1. The van der Waals surface area contributed by atoms with Crippen molar-refractivity contribution in [1.82, 2.24) is 0 Å². The van der Waals surface area contributed by atoms with Crippen molar-refractivity contribution in [3.8, 4) is 5.75 Å². The third-order valence-corrected chi connectivity index (χ3v) is 3.74. The highest BCUT2D eigenvalue weighted by Crippen LogP contribution is 2.26. The summed E-state index contributed by atoms with van der Waals surface area (Å²) in [6, 6.07) is 17.6. The summed E-state index contributed by atoms with van der Waals surface area (Å²) in [6.45, 7) is 2.44. The zero-order chi connectivity index (χ0) is 16.6. The molecule has 2 aromatic carbocycles. The average Bonchev–Trinajstić information content (AvgIpc) is 2.58. The minimum absolute atomic E-state index is 0.118. The van der Waals surface area contributed by atoms with Crippen LogP contribution in [0.25, 0.3) is 0 Å². The first-order chi connectivity index (χ1) is 11.8. The van der Waals surface area contributed by atoms with Gasteiger partial charge in [-0.1, -0.05) is 42.5 Å². The fourth-order valence-corrected chi connectivity index (χ4v) is 2.35. The predicted molar refractivity (Wildman–Crippen MR) is 92.3 cm³/mol. The number of aliphatic hydroxyl groups excluding tert-OH is 1. The van der Waals surface area contributed by atoms with Crippen LogP contribution in [0.15, 0.2) is 54.6 Å². The Morgan fingerprint density at radius 2 is 1.83 bits per heavy atom. The molecule has 1 atom stereocenters. The van der Waals surface area contributed by atoms with Gasteiger partial charge in [0.05, 0.1) is 38.2 Å². The molecule has 2 aromatic rings. The van der Waals surface area contributed by atoms with Gasteiger partial charge in [-0.05, 0) is 17.7 Å². The molecular weight excluding hydrogens is 306 g/mol. The Labute approximate surface area is 142 Å². The van der Waals surface area contributed by atoms with E-state index in [2.05, 4.69) is 5.32 Å². The summed E-state index contributed by atoms with van der Waals surface area (Å²) in [7, 11) is 0. The first-order valence-electron chi connectivity index (χ1n) is 8.18. The standard InChI is InChI=1S/C19H23NO4/c21-16(12-22-11-15-6-2-1-3-7-15)10-20-18-8-4-5-9-19(18)24-17-13-23-14-17/h1-9,16-17,20-21H,10-14H2. The molecule has 1 aliphatic rings. The highest BCUT2D eigenvalue weighted by atomic mass is 16.6. The van der Waals surface area contributed by atoms with Gasteiger partial charge >= 0.3 is 0 Å². The van der Waals surface area contributed by atoms with Gasteiger partial charge in [0.15, 0.2) is 0 Å². The summed E-state index contributed by atoms with van der Waals surface area (Å²) >= 11 is 0. The smallest absolute Gasteiger partial charge is 0.145 e. The van der Waals surface area contributed by atoms with Crippen molar-refractivity contribution >= 4 is 5.69 Å². The van der Waals surface area contributed by atoms with Crippen LogP contribution >= 0.6 is 0 Å². The third-order valence-electron chi connectivity index (χ3n) is 3.74. The number of hydrogen-bond donors (Lipinski definition) is 2.